The summed E-state index contributed by atoms with van der Waals surface area (Å²) in [5.41, 5.74) is 3.24. The van der Waals surface area contributed by atoms with E-state index in [4.69, 9.17) is 5.26 Å². The van der Waals surface area contributed by atoms with Gasteiger partial charge in [-0.25, -0.2) is 4.98 Å². The standard InChI is InChI=1S/C24H28N4O2/c1-23(2)11-7-16(8-12-23)19-13-17(24(30)9-3-4-10-24)5-6-20(19)28-22(29)21-26-15-18(14-25)27-21/h5-7,13,15,30H,3-4,8-12H2,1-2H3,(H,26,27)(H,28,29)/p-1. The molecule has 156 valence electrons. The van der Waals surface area contributed by atoms with Crippen LogP contribution in [0.3, 0.4) is 0 Å². The van der Waals surface area contributed by atoms with Crippen molar-refractivity contribution in [1.82, 2.24) is 9.97 Å². The molecule has 1 fully saturated rings. The van der Waals surface area contributed by atoms with E-state index in [2.05, 4.69) is 34.9 Å². The van der Waals surface area contributed by atoms with Gasteiger partial charge >= 0.3 is 0 Å². The lowest BCUT2D eigenvalue weighted by atomic mass is 9.76. The Hall–Kier alpha value is -2.91. The van der Waals surface area contributed by atoms with E-state index >= 15 is 0 Å². The molecule has 0 saturated heterocycles. The van der Waals surface area contributed by atoms with Crippen LogP contribution in [-0.4, -0.2) is 21.0 Å². The summed E-state index contributed by atoms with van der Waals surface area (Å²) in [5.74, 6) is -0.462. The zero-order valence-electron chi connectivity index (χ0n) is 17.5. The van der Waals surface area contributed by atoms with E-state index in [1.165, 1.54) is 11.8 Å². The number of nitrogens with one attached hydrogen (secondary N) is 1. The summed E-state index contributed by atoms with van der Waals surface area (Å²) >= 11 is 0. The second-order valence-electron chi connectivity index (χ2n) is 9.24. The number of nitriles is 1. The molecule has 30 heavy (non-hydrogen) atoms. The summed E-state index contributed by atoms with van der Waals surface area (Å²) in [4.78, 5) is 11.0. The van der Waals surface area contributed by atoms with Crippen molar-refractivity contribution in [3.8, 4) is 6.07 Å². The number of allylic oxidation sites excluding steroid dienone is 2. The molecular weight excluding hydrogens is 376 g/mol. The zero-order chi connectivity index (χ0) is 21.4. The maximum Gasteiger partial charge on any atom is 0.141 e. The molecule has 6 nitrogen and oxygen atoms in total. The Labute approximate surface area is 177 Å². The highest BCUT2D eigenvalue weighted by Gasteiger charge is 2.34. The number of aromatic nitrogens is 2. The molecule has 0 radical (unpaired) electrons. The van der Waals surface area contributed by atoms with Crippen LogP contribution in [0.4, 0.5) is 5.69 Å². The number of hydrogen-bond donors (Lipinski definition) is 2. The Morgan fingerprint density at radius 1 is 1.27 bits per heavy atom. The summed E-state index contributed by atoms with van der Waals surface area (Å²) in [5, 5.41) is 32.7. The fraction of sp³-hybridized carbons (Fsp3) is 0.458. The molecule has 1 aromatic heterocycles. The van der Waals surface area contributed by atoms with Gasteiger partial charge in [-0.3, -0.25) is 4.99 Å². The molecule has 1 saturated carbocycles. The number of imidazole rings is 1. The van der Waals surface area contributed by atoms with E-state index in [1.807, 2.05) is 24.3 Å². The van der Waals surface area contributed by atoms with Crippen LogP contribution >= 0.6 is 0 Å². The summed E-state index contributed by atoms with van der Waals surface area (Å²) in [7, 11) is 0. The molecule has 2 N–H and O–H groups in total. The van der Waals surface area contributed by atoms with Crippen molar-refractivity contribution in [2.24, 2.45) is 10.4 Å². The minimum Gasteiger partial charge on any atom is -0.856 e. The van der Waals surface area contributed by atoms with Crippen molar-refractivity contribution in [2.45, 2.75) is 64.4 Å². The molecule has 2 aliphatic carbocycles. The average molecular weight is 404 g/mol. The highest BCUT2D eigenvalue weighted by molar-refractivity contribution is 5.90. The SMILES string of the molecule is CC1(C)CC=C(c2cc(C3(O)CCCC3)ccc2N=C([O-])c2ncc(C#N)[nH]2)CC1. The fourth-order valence-electron chi connectivity index (χ4n) is 4.40. The third kappa shape index (κ3) is 4.03. The molecule has 0 atom stereocenters. The van der Waals surface area contributed by atoms with Gasteiger partial charge in [0, 0.05) is 11.5 Å². The van der Waals surface area contributed by atoms with E-state index in [-0.39, 0.29) is 16.9 Å². The number of hydrogen-bond acceptors (Lipinski definition) is 5. The van der Waals surface area contributed by atoms with Crippen molar-refractivity contribution in [3.63, 3.8) is 0 Å². The van der Waals surface area contributed by atoms with Gasteiger partial charge in [-0.15, -0.1) is 0 Å². The van der Waals surface area contributed by atoms with Gasteiger partial charge in [0.1, 0.15) is 17.6 Å². The second kappa shape index (κ2) is 7.73. The van der Waals surface area contributed by atoms with Crippen LogP contribution in [0.5, 0.6) is 0 Å². The third-order valence-electron chi connectivity index (χ3n) is 6.40. The smallest absolute Gasteiger partial charge is 0.141 e. The normalized spacial score (nSPS) is 20.6. The molecule has 6 heteroatoms. The van der Waals surface area contributed by atoms with E-state index in [0.717, 1.165) is 56.1 Å². The molecule has 0 unspecified atom stereocenters. The molecule has 0 amide bonds. The highest BCUT2D eigenvalue weighted by atomic mass is 16.3. The van der Waals surface area contributed by atoms with Crippen molar-refractivity contribution in [1.29, 1.82) is 5.26 Å². The van der Waals surface area contributed by atoms with Crippen molar-refractivity contribution < 1.29 is 10.2 Å². The minimum atomic E-state index is -0.797. The number of aliphatic hydroxyl groups is 1. The summed E-state index contributed by atoms with van der Waals surface area (Å²) in [6.07, 6.45) is 10.1. The Morgan fingerprint density at radius 3 is 2.67 bits per heavy atom. The van der Waals surface area contributed by atoms with Crippen molar-refractivity contribution in [3.05, 3.63) is 53.1 Å². The summed E-state index contributed by atoms with van der Waals surface area (Å²) in [6, 6.07) is 7.66. The van der Waals surface area contributed by atoms with Crippen LogP contribution in [0.1, 0.15) is 81.4 Å². The third-order valence-corrected chi connectivity index (χ3v) is 6.40. The topological polar surface area (TPSA) is 108 Å². The van der Waals surface area contributed by atoms with Gasteiger partial charge in [-0.1, -0.05) is 38.8 Å². The molecule has 0 bridgehead atoms. The lowest BCUT2D eigenvalue weighted by molar-refractivity contribution is -0.213. The molecule has 0 aliphatic heterocycles. The van der Waals surface area contributed by atoms with Gasteiger partial charge in [0.25, 0.3) is 0 Å². The molecular formula is C24H27N4O2-. The predicted molar refractivity (Wildman–Crippen MR) is 114 cm³/mol. The number of aromatic amines is 1. The van der Waals surface area contributed by atoms with Gasteiger partial charge in [-0.2, -0.15) is 5.26 Å². The molecule has 0 spiro atoms. The maximum atomic E-state index is 12.6. The second-order valence-corrected chi connectivity index (χ2v) is 9.24. The summed E-state index contributed by atoms with van der Waals surface area (Å²) in [6.45, 7) is 4.52. The molecule has 1 aromatic carbocycles. The first kappa shape index (κ1) is 20.4. The first-order valence-corrected chi connectivity index (χ1v) is 10.6. The van der Waals surface area contributed by atoms with Gasteiger partial charge in [-0.05, 0) is 60.8 Å². The van der Waals surface area contributed by atoms with Gasteiger partial charge in [0.05, 0.1) is 17.5 Å². The monoisotopic (exact) mass is 403 g/mol. The van der Waals surface area contributed by atoms with Crippen molar-refractivity contribution >= 4 is 17.2 Å². The number of benzene rings is 1. The quantitative estimate of drug-likeness (QED) is 0.592. The van der Waals surface area contributed by atoms with E-state index in [1.54, 1.807) is 0 Å². The Morgan fingerprint density at radius 2 is 2.03 bits per heavy atom. The Bertz CT molecular complexity index is 1050. The first-order valence-electron chi connectivity index (χ1n) is 10.6. The molecule has 4 rings (SSSR count). The van der Waals surface area contributed by atoms with E-state index < -0.39 is 11.5 Å². The van der Waals surface area contributed by atoms with Crippen LogP contribution in [-0.2, 0) is 5.60 Å². The molecule has 1 heterocycles. The van der Waals surface area contributed by atoms with Crippen LogP contribution in [0.15, 0.2) is 35.5 Å². The van der Waals surface area contributed by atoms with Gasteiger partial charge in [0.15, 0.2) is 0 Å². The minimum absolute atomic E-state index is 0.0507. The van der Waals surface area contributed by atoms with E-state index in [0.29, 0.717) is 5.69 Å². The molecule has 2 aliphatic rings. The predicted octanol–water partition coefficient (Wildman–Crippen LogP) is 4.08. The lowest BCUT2D eigenvalue weighted by Gasteiger charge is -2.30. The van der Waals surface area contributed by atoms with Gasteiger partial charge < -0.3 is 15.2 Å². The number of H-pyrrole nitrogens is 1. The van der Waals surface area contributed by atoms with Crippen LogP contribution in [0.2, 0.25) is 0 Å². The maximum absolute atomic E-state index is 12.6. The average Bonchev–Trinajstić information content (AvgIpc) is 3.38. The number of rotatable bonds is 4. The first-order chi connectivity index (χ1) is 14.3. The van der Waals surface area contributed by atoms with Crippen molar-refractivity contribution in [2.75, 3.05) is 0 Å². The van der Waals surface area contributed by atoms with E-state index in [9.17, 15) is 10.2 Å². The number of aliphatic imine (C=N–C) groups is 1. The Balaban J connectivity index is 1.76. The highest BCUT2D eigenvalue weighted by Crippen LogP contribution is 2.44. The Kier molecular flexibility index (Phi) is 5.25. The largest absolute Gasteiger partial charge is 0.856 e. The molecule has 2 aromatic rings. The van der Waals surface area contributed by atoms with Crippen LogP contribution in [0, 0.1) is 16.7 Å². The van der Waals surface area contributed by atoms with Crippen LogP contribution < -0.4 is 5.11 Å². The number of nitrogens with zero attached hydrogens (tertiary/aromatic N) is 3. The van der Waals surface area contributed by atoms with Crippen LogP contribution in [0.25, 0.3) is 5.57 Å². The summed E-state index contributed by atoms with van der Waals surface area (Å²) < 4.78 is 0. The van der Waals surface area contributed by atoms with Gasteiger partial charge in [0.2, 0.25) is 0 Å². The fourth-order valence-corrected chi connectivity index (χ4v) is 4.40. The lowest BCUT2D eigenvalue weighted by Crippen LogP contribution is -2.22. The zero-order valence-corrected chi connectivity index (χ0v) is 17.5.